The molecule has 0 aliphatic carbocycles. The van der Waals surface area contributed by atoms with E-state index in [0.29, 0.717) is 0 Å². The zero-order valence-corrected chi connectivity index (χ0v) is 10.8. The number of carbonyl (C=O) groups is 1. The SMILES string of the molecule is Cc1c(-c2ccccc2Br)cnn1CC(=O)O. The van der Waals surface area contributed by atoms with E-state index in [-0.39, 0.29) is 6.54 Å². The fraction of sp³-hybridized carbons (Fsp3) is 0.167. The first kappa shape index (κ1) is 11.9. The van der Waals surface area contributed by atoms with Gasteiger partial charge in [0.1, 0.15) is 6.54 Å². The number of aromatic nitrogens is 2. The van der Waals surface area contributed by atoms with Gasteiger partial charge in [-0.3, -0.25) is 9.48 Å². The lowest BCUT2D eigenvalue weighted by Gasteiger charge is -2.04. The highest BCUT2D eigenvalue weighted by Gasteiger charge is 2.12. The number of benzene rings is 1. The zero-order valence-electron chi connectivity index (χ0n) is 9.22. The largest absolute Gasteiger partial charge is 0.480 e. The zero-order chi connectivity index (χ0) is 12.4. The second kappa shape index (κ2) is 4.71. The van der Waals surface area contributed by atoms with Crippen molar-refractivity contribution >= 4 is 21.9 Å². The van der Waals surface area contributed by atoms with Gasteiger partial charge in [0, 0.05) is 15.7 Å². The first-order valence-electron chi connectivity index (χ1n) is 5.08. The molecule has 0 atom stereocenters. The molecule has 1 N–H and O–H groups in total. The second-order valence-corrected chi connectivity index (χ2v) is 4.53. The van der Waals surface area contributed by atoms with Crippen LogP contribution in [0.15, 0.2) is 34.9 Å². The number of halogens is 1. The molecule has 1 aromatic heterocycles. The van der Waals surface area contributed by atoms with Crippen LogP contribution < -0.4 is 0 Å². The van der Waals surface area contributed by atoms with Gasteiger partial charge < -0.3 is 5.11 Å². The molecule has 0 bridgehead atoms. The molecule has 0 saturated heterocycles. The summed E-state index contributed by atoms with van der Waals surface area (Å²) in [6, 6.07) is 7.79. The van der Waals surface area contributed by atoms with Crippen molar-refractivity contribution in [2.24, 2.45) is 0 Å². The minimum absolute atomic E-state index is 0.115. The van der Waals surface area contributed by atoms with Crippen LogP contribution in [0.5, 0.6) is 0 Å². The Morgan fingerprint density at radius 2 is 2.12 bits per heavy atom. The molecule has 0 aliphatic heterocycles. The minimum atomic E-state index is -0.894. The number of hydrogen-bond acceptors (Lipinski definition) is 2. The Hall–Kier alpha value is -1.62. The van der Waals surface area contributed by atoms with E-state index in [1.54, 1.807) is 6.20 Å². The lowest BCUT2D eigenvalue weighted by molar-refractivity contribution is -0.137. The Bertz CT molecular complexity index is 563. The molecule has 0 radical (unpaired) electrons. The topological polar surface area (TPSA) is 55.1 Å². The molecule has 4 nitrogen and oxygen atoms in total. The smallest absolute Gasteiger partial charge is 0.325 e. The first-order chi connectivity index (χ1) is 8.09. The molecule has 0 aliphatic rings. The average Bonchev–Trinajstić information content (AvgIpc) is 2.61. The molecule has 0 spiro atoms. The fourth-order valence-electron chi connectivity index (χ4n) is 1.68. The van der Waals surface area contributed by atoms with Crippen molar-refractivity contribution in [1.82, 2.24) is 9.78 Å². The third-order valence-electron chi connectivity index (χ3n) is 2.55. The van der Waals surface area contributed by atoms with Crippen LogP contribution in [-0.4, -0.2) is 20.9 Å². The molecule has 88 valence electrons. The molecule has 0 saturated carbocycles. The maximum Gasteiger partial charge on any atom is 0.325 e. The van der Waals surface area contributed by atoms with Crippen molar-refractivity contribution < 1.29 is 9.90 Å². The van der Waals surface area contributed by atoms with Crippen LogP contribution in [0.1, 0.15) is 5.69 Å². The van der Waals surface area contributed by atoms with Gasteiger partial charge in [-0.05, 0) is 18.6 Å². The van der Waals surface area contributed by atoms with Gasteiger partial charge in [0.05, 0.1) is 6.20 Å². The van der Waals surface area contributed by atoms with Gasteiger partial charge in [0.2, 0.25) is 0 Å². The Balaban J connectivity index is 2.44. The molecule has 17 heavy (non-hydrogen) atoms. The number of aliphatic carboxylic acids is 1. The normalized spacial score (nSPS) is 10.5. The fourth-order valence-corrected chi connectivity index (χ4v) is 2.18. The Labute approximate surface area is 107 Å². The van der Waals surface area contributed by atoms with E-state index in [1.807, 2.05) is 31.2 Å². The van der Waals surface area contributed by atoms with E-state index in [9.17, 15) is 4.79 Å². The second-order valence-electron chi connectivity index (χ2n) is 3.67. The molecule has 0 amide bonds. The predicted molar refractivity (Wildman–Crippen MR) is 67.7 cm³/mol. The van der Waals surface area contributed by atoms with E-state index in [2.05, 4.69) is 21.0 Å². The molecule has 0 unspecified atom stereocenters. The lowest BCUT2D eigenvalue weighted by atomic mass is 10.1. The summed E-state index contributed by atoms with van der Waals surface area (Å²) in [6.45, 7) is 1.75. The van der Waals surface area contributed by atoms with Crippen molar-refractivity contribution in [2.75, 3.05) is 0 Å². The standard InChI is InChI=1S/C12H11BrN2O2/c1-8-10(6-14-15(8)7-12(16)17)9-4-2-3-5-11(9)13/h2-6H,7H2,1H3,(H,16,17). The summed E-state index contributed by atoms with van der Waals surface area (Å²) in [5.41, 5.74) is 2.81. The molecular formula is C12H11BrN2O2. The summed E-state index contributed by atoms with van der Waals surface area (Å²) in [7, 11) is 0. The van der Waals surface area contributed by atoms with Gasteiger partial charge in [-0.1, -0.05) is 34.1 Å². The number of carboxylic acid groups (broad SMARTS) is 1. The van der Waals surface area contributed by atoms with Crippen molar-refractivity contribution in [1.29, 1.82) is 0 Å². The molecule has 2 aromatic rings. The molecule has 5 heteroatoms. The van der Waals surface area contributed by atoms with Gasteiger partial charge in [0.25, 0.3) is 0 Å². The van der Waals surface area contributed by atoms with E-state index in [1.165, 1.54) is 4.68 Å². The summed E-state index contributed by atoms with van der Waals surface area (Å²) >= 11 is 3.47. The highest BCUT2D eigenvalue weighted by molar-refractivity contribution is 9.10. The Morgan fingerprint density at radius 1 is 1.41 bits per heavy atom. The Kier molecular flexibility index (Phi) is 3.28. The highest BCUT2D eigenvalue weighted by atomic mass is 79.9. The van der Waals surface area contributed by atoms with Crippen molar-refractivity contribution in [3.63, 3.8) is 0 Å². The van der Waals surface area contributed by atoms with Crippen LogP contribution in [-0.2, 0) is 11.3 Å². The van der Waals surface area contributed by atoms with Gasteiger partial charge in [0.15, 0.2) is 0 Å². The van der Waals surface area contributed by atoms with E-state index >= 15 is 0 Å². The van der Waals surface area contributed by atoms with Crippen LogP contribution in [0, 0.1) is 6.92 Å². The molecule has 1 heterocycles. The number of hydrogen-bond donors (Lipinski definition) is 1. The van der Waals surface area contributed by atoms with E-state index in [4.69, 9.17) is 5.11 Å². The van der Waals surface area contributed by atoms with Gasteiger partial charge in [-0.2, -0.15) is 5.10 Å². The quantitative estimate of drug-likeness (QED) is 0.947. The maximum absolute atomic E-state index is 10.7. The number of nitrogens with zero attached hydrogens (tertiary/aromatic N) is 2. The van der Waals surface area contributed by atoms with Gasteiger partial charge >= 0.3 is 5.97 Å². The predicted octanol–water partition coefficient (Wildman–Crippen LogP) is 2.71. The minimum Gasteiger partial charge on any atom is -0.480 e. The van der Waals surface area contributed by atoms with E-state index < -0.39 is 5.97 Å². The third kappa shape index (κ3) is 2.39. The van der Waals surface area contributed by atoms with Gasteiger partial charge in [-0.25, -0.2) is 0 Å². The van der Waals surface area contributed by atoms with Crippen LogP contribution in [0.2, 0.25) is 0 Å². The van der Waals surface area contributed by atoms with Crippen molar-refractivity contribution in [2.45, 2.75) is 13.5 Å². The summed E-state index contributed by atoms with van der Waals surface area (Å²) in [5.74, 6) is -0.894. The van der Waals surface area contributed by atoms with E-state index in [0.717, 1.165) is 21.3 Å². The maximum atomic E-state index is 10.7. The Morgan fingerprint density at radius 3 is 2.76 bits per heavy atom. The molecule has 2 rings (SSSR count). The third-order valence-corrected chi connectivity index (χ3v) is 3.24. The van der Waals surface area contributed by atoms with Gasteiger partial charge in [-0.15, -0.1) is 0 Å². The monoisotopic (exact) mass is 294 g/mol. The number of carboxylic acids is 1. The van der Waals surface area contributed by atoms with Crippen LogP contribution >= 0.6 is 15.9 Å². The lowest BCUT2D eigenvalue weighted by Crippen LogP contribution is -2.11. The number of rotatable bonds is 3. The summed E-state index contributed by atoms with van der Waals surface area (Å²) in [4.78, 5) is 10.7. The summed E-state index contributed by atoms with van der Waals surface area (Å²) in [5, 5.41) is 12.8. The molecule has 0 fully saturated rings. The highest BCUT2D eigenvalue weighted by Crippen LogP contribution is 2.29. The summed E-state index contributed by atoms with van der Waals surface area (Å²) in [6.07, 6.45) is 1.69. The molecular weight excluding hydrogens is 284 g/mol. The van der Waals surface area contributed by atoms with Crippen LogP contribution in [0.3, 0.4) is 0 Å². The first-order valence-corrected chi connectivity index (χ1v) is 5.88. The summed E-state index contributed by atoms with van der Waals surface area (Å²) < 4.78 is 2.45. The average molecular weight is 295 g/mol. The van der Waals surface area contributed by atoms with Crippen molar-refractivity contribution in [3.05, 3.63) is 40.6 Å². The van der Waals surface area contributed by atoms with Crippen LogP contribution in [0.25, 0.3) is 11.1 Å². The van der Waals surface area contributed by atoms with Crippen molar-refractivity contribution in [3.8, 4) is 11.1 Å². The molecule has 1 aromatic carbocycles. The van der Waals surface area contributed by atoms with Crippen LogP contribution in [0.4, 0.5) is 0 Å².